The molecule has 1 atom stereocenters. The molecule has 1 heterocycles. The molecule has 0 spiro atoms. The summed E-state index contributed by atoms with van der Waals surface area (Å²) in [7, 11) is 1.54. The number of rotatable bonds is 8. The number of aryl methyl sites for hydroxylation is 1. The van der Waals surface area contributed by atoms with E-state index in [-0.39, 0.29) is 17.2 Å². The van der Waals surface area contributed by atoms with Gasteiger partial charge in [-0.05, 0) is 44.0 Å². The largest absolute Gasteiger partial charge is 0.359 e. The molecule has 2 amide bonds. The minimum atomic E-state index is -0.961. The maximum absolute atomic E-state index is 12.8. The van der Waals surface area contributed by atoms with Crippen LogP contribution in [0.15, 0.2) is 36.4 Å². The SMILES string of the molecule is CCCNC(=O)c1nc(C)ccc1C(=O)Nc1cccc(C(Cl)(CC)OC)c1. The number of aromatic nitrogens is 1. The first-order chi connectivity index (χ1) is 13.3. The highest BCUT2D eigenvalue weighted by molar-refractivity contribution is 6.23. The first-order valence-electron chi connectivity index (χ1n) is 9.26. The second kappa shape index (κ2) is 9.66. The molecule has 1 unspecified atom stereocenters. The van der Waals surface area contributed by atoms with Gasteiger partial charge in [0.05, 0.1) is 5.56 Å². The van der Waals surface area contributed by atoms with E-state index in [1.807, 2.05) is 19.9 Å². The van der Waals surface area contributed by atoms with E-state index in [4.69, 9.17) is 16.3 Å². The zero-order chi connectivity index (χ0) is 20.7. The van der Waals surface area contributed by atoms with Crippen LogP contribution >= 0.6 is 11.6 Å². The fraction of sp³-hybridized carbons (Fsp3) is 0.381. The molecule has 28 heavy (non-hydrogen) atoms. The molecule has 2 rings (SSSR count). The molecule has 0 saturated heterocycles. The van der Waals surface area contributed by atoms with Gasteiger partial charge in [-0.3, -0.25) is 9.59 Å². The second-order valence-electron chi connectivity index (χ2n) is 6.43. The molecule has 2 aromatic rings. The Bertz CT molecular complexity index is 851. The average molecular weight is 404 g/mol. The number of benzene rings is 1. The van der Waals surface area contributed by atoms with Crippen LogP contribution in [-0.2, 0) is 9.80 Å². The van der Waals surface area contributed by atoms with Crippen molar-refractivity contribution < 1.29 is 14.3 Å². The van der Waals surface area contributed by atoms with Gasteiger partial charge in [0.2, 0.25) is 0 Å². The van der Waals surface area contributed by atoms with Gasteiger partial charge in [0.1, 0.15) is 5.69 Å². The molecule has 2 N–H and O–H groups in total. The highest BCUT2D eigenvalue weighted by Gasteiger charge is 2.27. The summed E-state index contributed by atoms with van der Waals surface area (Å²) in [5.41, 5.74) is 2.27. The third-order valence-corrected chi connectivity index (χ3v) is 5.00. The Hall–Kier alpha value is -2.44. The van der Waals surface area contributed by atoms with Crippen molar-refractivity contribution in [3.05, 3.63) is 58.9 Å². The number of halogens is 1. The van der Waals surface area contributed by atoms with E-state index >= 15 is 0 Å². The normalized spacial score (nSPS) is 12.9. The van der Waals surface area contributed by atoms with Crippen molar-refractivity contribution in [3.63, 3.8) is 0 Å². The van der Waals surface area contributed by atoms with Crippen LogP contribution in [0.5, 0.6) is 0 Å². The van der Waals surface area contributed by atoms with Crippen LogP contribution in [0.2, 0.25) is 0 Å². The molecule has 0 fully saturated rings. The number of hydrogen-bond acceptors (Lipinski definition) is 4. The van der Waals surface area contributed by atoms with Crippen LogP contribution in [0, 0.1) is 6.92 Å². The average Bonchev–Trinajstić information content (AvgIpc) is 2.71. The van der Waals surface area contributed by atoms with Crippen LogP contribution in [0.1, 0.15) is 58.8 Å². The standard InChI is InChI=1S/C21H26ClN3O3/c1-5-12-23-20(27)18-17(11-10-14(3)24-18)19(26)25-16-9-7-8-15(13-16)21(22,6-2)28-4/h7-11,13H,5-6,12H2,1-4H3,(H,23,27)(H,25,26). The summed E-state index contributed by atoms with van der Waals surface area (Å²) in [5, 5.41) is 4.62. The number of alkyl halides is 1. The zero-order valence-corrected chi connectivity index (χ0v) is 17.4. The van der Waals surface area contributed by atoms with Crippen molar-refractivity contribution in [2.45, 2.75) is 38.7 Å². The number of ether oxygens (including phenoxy) is 1. The van der Waals surface area contributed by atoms with E-state index in [1.54, 1.807) is 44.4 Å². The van der Waals surface area contributed by atoms with E-state index in [0.29, 0.717) is 24.3 Å². The maximum atomic E-state index is 12.8. The van der Waals surface area contributed by atoms with E-state index < -0.39 is 11.0 Å². The summed E-state index contributed by atoms with van der Waals surface area (Å²) in [5.74, 6) is -0.782. The summed E-state index contributed by atoms with van der Waals surface area (Å²) in [6, 6.07) is 10.5. The Morgan fingerprint density at radius 2 is 1.93 bits per heavy atom. The smallest absolute Gasteiger partial charge is 0.270 e. The van der Waals surface area contributed by atoms with E-state index in [2.05, 4.69) is 15.6 Å². The molecule has 0 radical (unpaired) electrons. The number of nitrogens with zero attached hydrogens (tertiary/aromatic N) is 1. The number of pyridine rings is 1. The third-order valence-electron chi connectivity index (χ3n) is 4.36. The first-order valence-corrected chi connectivity index (χ1v) is 9.64. The molecule has 6 nitrogen and oxygen atoms in total. The lowest BCUT2D eigenvalue weighted by Crippen LogP contribution is -2.28. The molecule has 0 aliphatic heterocycles. The Balaban J connectivity index is 2.30. The van der Waals surface area contributed by atoms with Crippen LogP contribution in [-0.4, -0.2) is 30.5 Å². The van der Waals surface area contributed by atoms with Crippen molar-refractivity contribution in [1.29, 1.82) is 0 Å². The summed E-state index contributed by atoms with van der Waals surface area (Å²) in [6.45, 7) is 6.17. The van der Waals surface area contributed by atoms with E-state index in [1.165, 1.54) is 0 Å². The number of nitrogens with one attached hydrogen (secondary N) is 2. The van der Waals surface area contributed by atoms with Crippen molar-refractivity contribution in [2.75, 3.05) is 19.0 Å². The predicted octanol–water partition coefficient (Wildman–Crippen LogP) is 4.23. The zero-order valence-electron chi connectivity index (χ0n) is 16.6. The summed E-state index contributed by atoms with van der Waals surface area (Å²) in [6.07, 6.45) is 1.36. The minimum absolute atomic E-state index is 0.110. The summed E-state index contributed by atoms with van der Waals surface area (Å²) >= 11 is 6.49. The lowest BCUT2D eigenvalue weighted by Gasteiger charge is -2.25. The Kier molecular flexibility index (Phi) is 7.54. The van der Waals surface area contributed by atoms with Gasteiger partial charge in [-0.1, -0.05) is 37.6 Å². The van der Waals surface area contributed by atoms with Crippen molar-refractivity contribution >= 4 is 29.1 Å². The third kappa shape index (κ3) is 5.09. The van der Waals surface area contributed by atoms with Crippen LogP contribution in [0.25, 0.3) is 0 Å². The van der Waals surface area contributed by atoms with Gasteiger partial charge in [0.25, 0.3) is 11.8 Å². The van der Waals surface area contributed by atoms with Crippen LogP contribution in [0.4, 0.5) is 5.69 Å². The van der Waals surface area contributed by atoms with Gasteiger partial charge < -0.3 is 15.4 Å². The number of methoxy groups -OCH3 is 1. The predicted molar refractivity (Wildman–Crippen MR) is 111 cm³/mol. The number of amides is 2. The fourth-order valence-corrected chi connectivity index (χ4v) is 2.85. The highest BCUT2D eigenvalue weighted by atomic mass is 35.5. The van der Waals surface area contributed by atoms with Gasteiger partial charge in [-0.2, -0.15) is 0 Å². The number of carbonyl (C=O) groups is 2. The van der Waals surface area contributed by atoms with Gasteiger partial charge >= 0.3 is 0 Å². The number of anilines is 1. The lowest BCUT2D eigenvalue weighted by molar-refractivity contribution is 0.0584. The Morgan fingerprint density at radius 3 is 2.57 bits per heavy atom. The molecule has 1 aromatic heterocycles. The molecule has 7 heteroatoms. The fourth-order valence-electron chi connectivity index (χ4n) is 2.73. The summed E-state index contributed by atoms with van der Waals surface area (Å²) in [4.78, 5) is 29.5. The first kappa shape index (κ1) is 21.9. The second-order valence-corrected chi connectivity index (χ2v) is 7.04. The minimum Gasteiger partial charge on any atom is -0.359 e. The number of carbonyl (C=O) groups excluding carboxylic acids is 2. The molecule has 0 bridgehead atoms. The van der Waals surface area contributed by atoms with Gasteiger partial charge in [-0.15, -0.1) is 0 Å². The quantitative estimate of drug-likeness (QED) is 0.646. The van der Waals surface area contributed by atoms with Crippen molar-refractivity contribution in [3.8, 4) is 0 Å². The maximum Gasteiger partial charge on any atom is 0.270 e. The monoisotopic (exact) mass is 403 g/mol. The van der Waals surface area contributed by atoms with Gasteiger partial charge in [-0.25, -0.2) is 4.98 Å². The lowest BCUT2D eigenvalue weighted by atomic mass is 10.1. The molecule has 150 valence electrons. The topological polar surface area (TPSA) is 80.3 Å². The van der Waals surface area contributed by atoms with Crippen LogP contribution < -0.4 is 10.6 Å². The molecular formula is C21H26ClN3O3. The molecule has 0 aliphatic rings. The van der Waals surface area contributed by atoms with Gasteiger partial charge in [0.15, 0.2) is 5.06 Å². The van der Waals surface area contributed by atoms with Crippen molar-refractivity contribution in [2.24, 2.45) is 0 Å². The highest BCUT2D eigenvalue weighted by Crippen LogP contribution is 2.34. The molecule has 0 saturated carbocycles. The Labute approximate surface area is 170 Å². The van der Waals surface area contributed by atoms with E-state index in [0.717, 1.165) is 12.0 Å². The molecular weight excluding hydrogens is 378 g/mol. The van der Waals surface area contributed by atoms with Crippen LogP contribution in [0.3, 0.4) is 0 Å². The Morgan fingerprint density at radius 1 is 1.18 bits per heavy atom. The van der Waals surface area contributed by atoms with Gasteiger partial charge in [0, 0.05) is 30.6 Å². The van der Waals surface area contributed by atoms with Crippen molar-refractivity contribution in [1.82, 2.24) is 10.3 Å². The van der Waals surface area contributed by atoms with E-state index in [9.17, 15) is 9.59 Å². The number of hydrogen-bond donors (Lipinski definition) is 2. The molecule has 1 aromatic carbocycles. The molecule has 0 aliphatic carbocycles. The summed E-state index contributed by atoms with van der Waals surface area (Å²) < 4.78 is 5.41.